The number of hydrogen-bond acceptors (Lipinski definition) is 1. The molecule has 0 aromatic rings. The van der Waals surface area contributed by atoms with Crippen molar-refractivity contribution in [3.8, 4) is 0 Å². The molecule has 0 atom stereocenters. The summed E-state index contributed by atoms with van der Waals surface area (Å²) in [6.07, 6.45) is 19.2. The Bertz CT molecular complexity index is 170. The third-order valence-corrected chi connectivity index (χ3v) is 3.86. The zero-order valence-electron chi connectivity index (χ0n) is 14.8. The average Bonchev–Trinajstić information content (AvgIpc) is 2.46. The summed E-state index contributed by atoms with van der Waals surface area (Å²) in [6, 6.07) is 0.474. The Kier molecular flexibility index (Phi) is 24.9. The summed E-state index contributed by atoms with van der Waals surface area (Å²) in [5.74, 6) is 0. The van der Waals surface area contributed by atoms with E-state index < -0.39 is 4.30 Å². The molecule has 0 saturated heterocycles. The average molecular weight is 375 g/mol. The van der Waals surface area contributed by atoms with Gasteiger partial charge in [0.1, 0.15) is 0 Å². The molecule has 0 unspecified atom stereocenters. The number of unbranched alkanes of at least 4 members (excludes halogenated alkanes) is 10. The summed E-state index contributed by atoms with van der Waals surface area (Å²) < 4.78 is -0.750. The first-order valence-electron chi connectivity index (χ1n) is 9.22. The maximum absolute atomic E-state index is 6.16. The van der Waals surface area contributed by atoms with Crippen LogP contribution < -0.4 is 5.73 Å². The maximum Gasteiger partial charge on any atom is 0.180 e. The second-order valence-electron chi connectivity index (χ2n) is 6.12. The molecular weight excluding hydrogens is 337 g/mol. The van der Waals surface area contributed by atoms with Crippen LogP contribution in [0.2, 0.25) is 0 Å². The van der Waals surface area contributed by atoms with E-state index in [-0.39, 0.29) is 0 Å². The van der Waals surface area contributed by atoms with E-state index in [4.69, 9.17) is 40.5 Å². The third kappa shape index (κ3) is 28.9. The van der Waals surface area contributed by atoms with Crippen LogP contribution in [0.25, 0.3) is 0 Å². The number of rotatable bonds is 14. The Morgan fingerprint density at radius 2 is 0.864 bits per heavy atom. The number of halogens is 3. The van der Waals surface area contributed by atoms with Crippen LogP contribution in [0.1, 0.15) is 104 Å². The van der Waals surface area contributed by atoms with E-state index in [9.17, 15) is 0 Å². The van der Waals surface area contributed by atoms with Gasteiger partial charge in [0.15, 0.2) is 4.30 Å². The van der Waals surface area contributed by atoms with Gasteiger partial charge in [-0.25, -0.2) is 0 Å². The van der Waals surface area contributed by atoms with Crippen LogP contribution in [-0.2, 0) is 0 Å². The molecule has 0 amide bonds. The summed E-state index contributed by atoms with van der Waals surface area (Å²) in [5, 5.41) is 0. The molecule has 0 aromatic carbocycles. The predicted molar refractivity (Wildman–Crippen MR) is 105 cm³/mol. The summed E-state index contributed by atoms with van der Waals surface area (Å²) in [7, 11) is 0. The standard InChI is InChI=1S/C17H37N.CHCl3/c1-3-5-7-9-11-13-15-17(18)16-14-12-10-8-6-4-2;2-1(3)4/h17H,3-16,18H2,1-2H3;1H. The third-order valence-electron chi connectivity index (χ3n) is 3.86. The topological polar surface area (TPSA) is 26.0 Å². The highest BCUT2D eigenvalue weighted by molar-refractivity contribution is 6.63. The lowest BCUT2D eigenvalue weighted by atomic mass is 10.0. The van der Waals surface area contributed by atoms with Gasteiger partial charge in [0.2, 0.25) is 0 Å². The smallest absolute Gasteiger partial charge is 0.180 e. The molecule has 0 spiro atoms. The molecule has 1 nitrogen and oxygen atoms in total. The molecule has 0 aliphatic heterocycles. The van der Waals surface area contributed by atoms with Gasteiger partial charge in [-0.1, -0.05) is 126 Å². The Hall–Kier alpha value is 0.830. The molecular formula is C18H38Cl3N. The monoisotopic (exact) mass is 373 g/mol. The summed E-state index contributed by atoms with van der Waals surface area (Å²) in [5.41, 5.74) is 6.16. The lowest BCUT2D eigenvalue weighted by Gasteiger charge is -2.11. The van der Waals surface area contributed by atoms with Crippen LogP contribution in [0, 0.1) is 0 Å². The minimum Gasteiger partial charge on any atom is -0.328 e. The second-order valence-corrected chi connectivity index (χ2v) is 8.10. The number of hydrogen-bond donors (Lipinski definition) is 1. The highest BCUT2D eigenvalue weighted by Gasteiger charge is 2.02. The number of alkyl halides is 3. The van der Waals surface area contributed by atoms with Crippen LogP contribution in [-0.4, -0.2) is 10.3 Å². The zero-order chi connectivity index (χ0) is 17.1. The zero-order valence-corrected chi connectivity index (χ0v) is 17.0. The highest BCUT2D eigenvalue weighted by atomic mass is 35.6. The normalized spacial score (nSPS) is 10.9. The minimum atomic E-state index is -0.750. The first-order valence-corrected chi connectivity index (χ1v) is 10.5. The van der Waals surface area contributed by atoms with Gasteiger partial charge >= 0.3 is 0 Å². The minimum absolute atomic E-state index is 0.474. The fourth-order valence-corrected chi connectivity index (χ4v) is 2.52. The van der Waals surface area contributed by atoms with Crippen LogP contribution in [0.3, 0.4) is 0 Å². The number of nitrogens with two attached hydrogens (primary N) is 1. The van der Waals surface area contributed by atoms with Gasteiger partial charge < -0.3 is 5.73 Å². The van der Waals surface area contributed by atoms with Crippen molar-refractivity contribution in [3.05, 3.63) is 0 Å². The molecule has 0 aliphatic rings. The van der Waals surface area contributed by atoms with Gasteiger partial charge in [-0.05, 0) is 12.8 Å². The van der Waals surface area contributed by atoms with Crippen molar-refractivity contribution in [2.24, 2.45) is 5.73 Å². The lowest BCUT2D eigenvalue weighted by molar-refractivity contribution is 0.484. The molecule has 136 valence electrons. The Morgan fingerprint density at radius 1 is 0.591 bits per heavy atom. The van der Waals surface area contributed by atoms with E-state index in [0.29, 0.717) is 6.04 Å². The Balaban J connectivity index is 0. The Morgan fingerprint density at radius 3 is 1.18 bits per heavy atom. The van der Waals surface area contributed by atoms with Gasteiger partial charge in [-0.3, -0.25) is 0 Å². The van der Waals surface area contributed by atoms with Crippen molar-refractivity contribution in [2.75, 3.05) is 0 Å². The van der Waals surface area contributed by atoms with Crippen molar-refractivity contribution < 1.29 is 0 Å². The van der Waals surface area contributed by atoms with E-state index in [2.05, 4.69) is 13.8 Å². The van der Waals surface area contributed by atoms with Crippen molar-refractivity contribution in [1.82, 2.24) is 0 Å². The second kappa shape index (κ2) is 21.8. The summed E-state index contributed by atoms with van der Waals surface area (Å²) in [4.78, 5) is 0. The first kappa shape index (κ1) is 25.1. The molecule has 0 heterocycles. The van der Waals surface area contributed by atoms with Crippen molar-refractivity contribution >= 4 is 34.8 Å². The Labute approximate surface area is 154 Å². The van der Waals surface area contributed by atoms with Crippen molar-refractivity contribution in [1.29, 1.82) is 0 Å². The summed E-state index contributed by atoms with van der Waals surface area (Å²) in [6.45, 7) is 4.55. The van der Waals surface area contributed by atoms with Crippen LogP contribution in [0.4, 0.5) is 0 Å². The molecule has 0 aromatic heterocycles. The molecule has 0 radical (unpaired) electrons. The van der Waals surface area contributed by atoms with E-state index in [1.807, 2.05) is 0 Å². The van der Waals surface area contributed by atoms with Crippen molar-refractivity contribution in [3.63, 3.8) is 0 Å². The highest BCUT2D eigenvalue weighted by Crippen LogP contribution is 2.12. The predicted octanol–water partition coefficient (Wildman–Crippen LogP) is 7.80. The van der Waals surface area contributed by atoms with E-state index >= 15 is 0 Å². The molecule has 2 N–H and O–H groups in total. The van der Waals surface area contributed by atoms with Gasteiger partial charge in [0, 0.05) is 6.04 Å². The van der Waals surface area contributed by atoms with Crippen molar-refractivity contribution in [2.45, 2.75) is 114 Å². The maximum atomic E-state index is 6.16. The molecule has 4 heteroatoms. The van der Waals surface area contributed by atoms with Gasteiger partial charge in [0.05, 0.1) is 0 Å². The van der Waals surface area contributed by atoms with E-state index in [1.165, 1.54) is 89.9 Å². The van der Waals surface area contributed by atoms with Gasteiger partial charge in [-0.2, -0.15) is 0 Å². The molecule has 22 heavy (non-hydrogen) atoms. The molecule has 0 saturated carbocycles. The lowest BCUT2D eigenvalue weighted by Crippen LogP contribution is -2.19. The van der Waals surface area contributed by atoms with Gasteiger partial charge in [-0.15, -0.1) is 0 Å². The fourth-order valence-electron chi connectivity index (χ4n) is 2.52. The molecule has 0 rings (SSSR count). The van der Waals surface area contributed by atoms with Gasteiger partial charge in [0.25, 0.3) is 0 Å². The quantitative estimate of drug-likeness (QED) is 0.243. The SMILES string of the molecule is CCCCCCCCC(N)CCCCCCCC.ClC(Cl)Cl. The van der Waals surface area contributed by atoms with E-state index in [1.54, 1.807) is 0 Å². The molecule has 0 aliphatic carbocycles. The largest absolute Gasteiger partial charge is 0.328 e. The fraction of sp³-hybridized carbons (Fsp3) is 1.00. The summed E-state index contributed by atoms with van der Waals surface area (Å²) >= 11 is 14.4. The molecule has 0 fully saturated rings. The van der Waals surface area contributed by atoms with Crippen LogP contribution in [0.15, 0.2) is 0 Å². The first-order chi connectivity index (χ1) is 10.5. The molecule has 0 bridgehead atoms. The van der Waals surface area contributed by atoms with Crippen LogP contribution in [0.5, 0.6) is 0 Å². The van der Waals surface area contributed by atoms with Crippen LogP contribution >= 0.6 is 34.8 Å². The van der Waals surface area contributed by atoms with E-state index in [0.717, 1.165) is 0 Å².